The minimum absolute atomic E-state index is 0.0965. The molecule has 0 aromatic heterocycles. The Morgan fingerprint density at radius 3 is 2.24 bits per heavy atom. The van der Waals surface area contributed by atoms with Crippen molar-refractivity contribution >= 4 is 34.2 Å². The number of amides is 3. The molecular formula is C30H37N5O3. The maximum absolute atomic E-state index is 13.2. The van der Waals surface area contributed by atoms with Crippen molar-refractivity contribution in [3.63, 3.8) is 0 Å². The molecule has 3 aromatic carbocycles. The molecule has 38 heavy (non-hydrogen) atoms. The Hall–Kier alpha value is -3.91. The SMILES string of the molecule is CN(C)c1ccc(CC(=O)NC2(C(=O)NCCNC(=O)Cc3cccc4ccccc34)CCNCC2)cc1. The van der Waals surface area contributed by atoms with Gasteiger partial charge in [0.2, 0.25) is 17.7 Å². The minimum Gasteiger partial charge on any atom is -0.378 e. The van der Waals surface area contributed by atoms with Gasteiger partial charge in [0.1, 0.15) is 5.54 Å². The van der Waals surface area contributed by atoms with Crippen molar-refractivity contribution in [2.24, 2.45) is 0 Å². The van der Waals surface area contributed by atoms with Crippen LogP contribution in [0.1, 0.15) is 24.0 Å². The first-order chi connectivity index (χ1) is 18.4. The lowest BCUT2D eigenvalue weighted by atomic mass is 9.86. The molecule has 4 N–H and O–H groups in total. The van der Waals surface area contributed by atoms with Crippen LogP contribution in [-0.2, 0) is 27.2 Å². The van der Waals surface area contributed by atoms with Gasteiger partial charge in [0.15, 0.2) is 0 Å². The summed E-state index contributed by atoms with van der Waals surface area (Å²) in [6.07, 6.45) is 1.51. The van der Waals surface area contributed by atoms with Crippen LogP contribution in [0.25, 0.3) is 10.8 Å². The fourth-order valence-corrected chi connectivity index (χ4v) is 4.90. The van der Waals surface area contributed by atoms with Gasteiger partial charge in [0.25, 0.3) is 0 Å². The smallest absolute Gasteiger partial charge is 0.245 e. The number of anilines is 1. The van der Waals surface area contributed by atoms with E-state index in [-0.39, 0.29) is 37.1 Å². The zero-order chi connectivity index (χ0) is 27.0. The molecule has 1 aliphatic rings. The Morgan fingerprint density at radius 1 is 0.816 bits per heavy atom. The molecule has 1 aliphatic heterocycles. The standard InChI is InChI=1S/C30H37N5O3/c1-35(2)25-12-10-22(11-13-25)20-28(37)34-30(14-16-31-17-15-30)29(38)33-19-18-32-27(36)21-24-8-5-7-23-6-3-4-9-26(23)24/h3-13,31H,14-21H2,1-2H3,(H,32,36)(H,33,38)(H,34,37). The number of piperidine rings is 1. The maximum Gasteiger partial charge on any atom is 0.245 e. The van der Waals surface area contributed by atoms with E-state index in [0.717, 1.165) is 27.6 Å². The fraction of sp³-hybridized carbons (Fsp3) is 0.367. The Labute approximate surface area is 224 Å². The molecule has 4 rings (SSSR count). The summed E-state index contributed by atoms with van der Waals surface area (Å²) < 4.78 is 0. The predicted molar refractivity (Wildman–Crippen MR) is 151 cm³/mol. The van der Waals surface area contributed by atoms with Gasteiger partial charge >= 0.3 is 0 Å². The monoisotopic (exact) mass is 515 g/mol. The van der Waals surface area contributed by atoms with Crippen LogP contribution < -0.4 is 26.2 Å². The highest BCUT2D eigenvalue weighted by atomic mass is 16.2. The average molecular weight is 516 g/mol. The van der Waals surface area contributed by atoms with E-state index in [2.05, 4.69) is 21.3 Å². The van der Waals surface area contributed by atoms with Crippen LogP contribution in [0.2, 0.25) is 0 Å². The van der Waals surface area contributed by atoms with E-state index in [1.165, 1.54) is 0 Å². The van der Waals surface area contributed by atoms with Crippen molar-refractivity contribution < 1.29 is 14.4 Å². The van der Waals surface area contributed by atoms with Gasteiger partial charge in [-0.1, -0.05) is 54.6 Å². The topological polar surface area (TPSA) is 103 Å². The zero-order valence-electron chi connectivity index (χ0n) is 22.2. The number of nitrogens with one attached hydrogen (secondary N) is 4. The predicted octanol–water partition coefficient (Wildman–Crippen LogP) is 2.16. The van der Waals surface area contributed by atoms with Crippen LogP contribution in [0.15, 0.2) is 66.7 Å². The third-order valence-corrected chi connectivity index (χ3v) is 7.05. The Morgan fingerprint density at radius 2 is 1.50 bits per heavy atom. The molecule has 1 saturated heterocycles. The number of nitrogens with zero attached hydrogens (tertiary/aromatic N) is 1. The molecule has 0 radical (unpaired) electrons. The molecule has 8 nitrogen and oxygen atoms in total. The quantitative estimate of drug-likeness (QED) is 0.310. The highest BCUT2D eigenvalue weighted by molar-refractivity contribution is 5.92. The minimum atomic E-state index is -0.959. The third-order valence-electron chi connectivity index (χ3n) is 7.05. The number of hydrogen-bond donors (Lipinski definition) is 4. The van der Waals surface area contributed by atoms with Crippen molar-refractivity contribution in [2.75, 3.05) is 45.2 Å². The molecule has 8 heteroatoms. The van der Waals surface area contributed by atoms with E-state index in [4.69, 9.17) is 0 Å². The first kappa shape index (κ1) is 27.1. The number of benzene rings is 3. The highest BCUT2D eigenvalue weighted by Gasteiger charge is 2.40. The second-order valence-corrected chi connectivity index (χ2v) is 10.0. The van der Waals surface area contributed by atoms with Gasteiger partial charge in [0.05, 0.1) is 12.8 Å². The van der Waals surface area contributed by atoms with Crippen molar-refractivity contribution in [1.29, 1.82) is 0 Å². The lowest BCUT2D eigenvalue weighted by molar-refractivity contribution is -0.134. The number of carbonyl (C=O) groups excluding carboxylic acids is 3. The molecule has 3 aromatic rings. The maximum atomic E-state index is 13.2. The van der Waals surface area contributed by atoms with Gasteiger partial charge in [-0.15, -0.1) is 0 Å². The van der Waals surface area contributed by atoms with Crippen molar-refractivity contribution in [3.05, 3.63) is 77.9 Å². The lowest BCUT2D eigenvalue weighted by Gasteiger charge is -2.37. The van der Waals surface area contributed by atoms with Gasteiger partial charge in [-0.05, 0) is 60.0 Å². The van der Waals surface area contributed by atoms with Gasteiger partial charge in [0, 0.05) is 32.9 Å². The average Bonchev–Trinajstić information content (AvgIpc) is 2.92. The van der Waals surface area contributed by atoms with Gasteiger partial charge in [-0.25, -0.2) is 0 Å². The normalized spacial score (nSPS) is 14.5. The summed E-state index contributed by atoms with van der Waals surface area (Å²) in [5.74, 6) is -0.484. The number of rotatable bonds is 10. The van der Waals surface area contributed by atoms with Crippen molar-refractivity contribution in [1.82, 2.24) is 21.3 Å². The first-order valence-electron chi connectivity index (χ1n) is 13.2. The molecule has 0 unspecified atom stereocenters. The largest absolute Gasteiger partial charge is 0.378 e. The van der Waals surface area contributed by atoms with Crippen LogP contribution in [0.4, 0.5) is 5.69 Å². The molecule has 0 atom stereocenters. The molecule has 200 valence electrons. The fourth-order valence-electron chi connectivity index (χ4n) is 4.90. The Kier molecular flexibility index (Phi) is 8.97. The summed E-state index contributed by atoms with van der Waals surface area (Å²) in [5, 5.41) is 14.3. The van der Waals surface area contributed by atoms with E-state index < -0.39 is 5.54 Å². The summed E-state index contributed by atoms with van der Waals surface area (Å²) in [7, 11) is 3.94. The van der Waals surface area contributed by atoms with E-state index in [1.54, 1.807) is 0 Å². The summed E-state index contributed by atoms with van der Waals surface area (Å²) in [6.45, 7) is 1.90. The molecule has 0 aliphatic carbocycles. The van der Waals surface area contributed by atoms with Crippen LogP contribution in [0, 0.1) is 0 Å². The van der Waals surface area contributed by atoms with Gasteiger partial charge in [-0.3, -0.25) is 14.4 Å². The second-order valence-electron chi connectivity index (χ2n) is 10.0. The number of fused-ring (bicyclic) bond motifs is 1. The van der Waals surface area contributed by atoms with E-state index in [9.17, 15) is 14.4 Å². The lowest BCUT2D eigenvalue weighted by Crippen LogP contribution is -2.63. The van der Waals surface area contributed by atoms with Crippen LogP contribution in [0.5, 0.6) is 0 Å². The molecule has 0 bridgehead atoms. The third kappa shape index (κ3) is 6.89. The Bertz CT molecular complexity index is 1260. The first-order valence-corrected chi connectivity index (χ1v) is 13.2. The zero-order valence-corrected chi connectivity index (χ0v) is 22.2. The highest BCUT2D eigenvalue weighted by Crippen LogP contribution is 2.20. The van der Waals surface area contributed by atoms with Gasteiger partial charge < -0.3 is 26.2 Å². The molecule has 3 amide bonds. The summed E-state index contributed by atoms with van der Waals surface area (Å²) in [4.78, 5) is 40.7. The Balaban J connectivity index is 1.28. The molecule has 1 heterocycles. The molecular weight excluding hydrogens is 478 g/mol. The molecule has 1 fully saturated rings. The summed E-state index contributed by atoms with van der Waals surface area (Å²) in [6, 6.07) is 21.8. The van der Waals surface area contributed by atoms with Crippen molar-refractivity contribution in [2.45, 2.75) is 31.2 Å². The van der Waals surface area contributed by atoms with E-state index >= 15 is 0 Å². The van der Waals surface area contributed by atoms with Crippen molar-refractivity contribution in [3.8, 4) is 0 Å². The van der Waals surface area contributed by atoms with Crippen LogP contribution in [-0.4, -0.2) is 63.5 Å². The van der Waals surface area contributed by atoms with Gasteiger partial charge in [-0.2, -0.15) is 0 Å². The second kappa shape index (κ2) is 12.6. The molecule has 0 saturated carbocycles. The number of hydrogen-bond acceptors (Lipinski definition) is 5. The summed E-state index contributed by atoms with van der Waals surface area (Å²) in [5.41, 5.74) is 1.97. The van der Waals surface area contributed by atoms with Crippen LogP contribution in [0.3, 0.4) is 0 Å². The van der Waals surface area contributed by atoms with Crippen LogP contribution >= 0.6 is 0 Å². The number of carbonyl (C=O) groups is 3. The van der Waals surface area contributed by atoms with E-state index in [1.807, 2.05) is 85.7 Å². The molecule has 0 spiro atoms. The van der Waals surface area contributed by atoms with E-state index in [0.29, 0.717) is 32.5 Å². The summed E-state index contributed by atoms with van der Waals surface area (Å²) >= 11 is 0.